The van der Waals surface area contributed by atoms with E-state index in [9.17, 15) is 14.7 Å². The van der Waals surface area contributed by atoms with Gasteiger partial charge in [0, 0.05) is 6.54 Å². The van der Waals surface area contributed by atoms with Gasteiger partial charge in [0.05, 0.1) is 6.42 Å². The van der Waals surface area contributed by atoms with E-state index in [4.69, 9.17) is 5.11 Å². The number of carboxylic acids is 2. The highest BCUT2D eigenvalue weighted by atomic mass is 16.4. The maximum absolute atomic E-state index is 11.3. The fraction of sp³-hybridized carbons (Fsp3) is 0.385. The fourth-order valence-electron chi connectivity index (χ4n) is 1.85. The number of carbonyl (C=O) groups is 2. The van der Waals surface area contributed by atoms with Gasteiger partial charge in [-0.05, 0) is 25.1 Å². The Balaban J connectivity index is 2.93. The zero-order chi connectivity index (χ0) is 13.7. The van der Waals surface area contributed by atoms with Crippen LogP contribution in [0.1, 0.15) is 23.6 Å². The second-order valence-electron chi connectivity index (χ2n) is 4.22. The maximum atomic E-state index is 11.3. The highest BCUT2D eigenvalue weighted by Crippen LogP contribution is 2.23. The number of likely N-dealkylation sites (N-methyl/N-ethyl adjacent to an activating group) is 1. The van der Waals surface area contributed by atoms with Crippen molar-refractivity contribution in [2.45, 2.75) is 19.4 Å². The Morgan fingerprint density at radius 3 is 2.39 bits per heavy atom. The van der Waals surface area contributed by atoms with Gasteiger partial charge >= 0.3 is 11.9 Å². The van der Waals surface area contributed by atoms with E-state index in [1.807, 2.05) is 19.1 Å². The highest BCUT2D eigenvalue weighted by Gasteiger charge is 2.25. The number of aliphatic carboxylic acids is 2. The molecule has 0 saturated carbocycles. The van der Waals surface area contributed by atoms with Gasteiger partial charge in [-0.15, -0.1) is 0 Å². The predicted molar refractivity (Wildman–Crippen MR) is 66.4 cm³/mol. The lowest BCUT2D eigenvalue weighted by molar-refractivity contribution is -0.144. The van der Waals surface area contributed by atoms with Crippen LogP contribution in [0.2, 0.25) is 0 Å². The van der Waals surface area contributed by atoms with E-state index in [0.717, 1.165) is 5.56 Å². The molecule has 0 aliphatic rings. The average Bonchev–Trinajstić information content (AvgIpc) is 2.29. The molecule has 1 atom stereocenters. The first-order valence-corrected chi connectivity index (χ1v) is 5.64. The Morgan fingerprint density at radius 2 is 1.89 bits per heavy atom. The standard InChI is InChI=1S/C13H17NO4/c1-9-5-3-4-6-10(9)12(13(17)18)14(2)8-7-11(15)16/h3-6,12H,7-8H2,1-2H3,(H,15,16)(H,17,18). The smallest absolute Gasteiger partial charge is 0.325 e. The number of hydrogen-bond acceptors (Lipinski definition) is 3. The van der Waals surface area contributed by atoms with Gasteiger partial charge in [-0.25, -0.2) is 0 Å². The van der Waals surface area contributed by atoms with Crippen molar-refractivity contribution in [2.75, 3.05) is 13.6 Å². The Kier molecular flexibility index (Phi) is 4.85. The summed E-state index contributed by atoms with van der Waals surface area (Å²) in [5, 5.41) is 17.9. The van der Waals surface area contributed by atoms with Crippen molar-refractivity contribution in [1.82, 2.24) is 4.90 Å². The number of benzene rings is 1. The zero-order valence-electron chi connectivity index (χ0n) is 10.5. The minimum absolute atomic E-state index is 0.0772. The van der Waals surface area contributed by atoms with Gasteiger partial charge < -0.3 is 10.2 Å². The largest absolute Gasteiger partial charge is 0.481 e. The minimum atomic E-state index is -0.975. The van der Waals surface area contributed by atoms with E-state index in [-0.39, 0.29) is 13.0 Å². The molecule has 5 nitrogen and oxygen atoms in total. The molecule has 0 heterocycles. The molecule has 0 amide bonds. The van der Waals surface area contributed by atoms with E-state index in [2.05, 4.69) is 0 Å². The van der Waals surface area contributed by atoms with Gasteiger partial charge in [0.15, 0.2) is 0 Å². The van der Waals surface area contributed by atoms with Crippen LogP contribution in [-0.2, 0) is 9.59 Å². The molecule has 0 saturated heterocycles. The molecule has 5 heteroatoms. The van der Waals surface area contributed by atoms with Gasteiger partial charge in [-0.1, -0.05) is 24.3 Å². The summed E-state index contributed by atoms with van der Waals surface area (Å²) in [5.74, 6) is -1.91. The van der Waals surface area contributed by atoms with Crippen LogP contribution < -0.4 is 0 Å². The van der Waals surface area contributed by atoms with Gasteiger partial charge in [0.25, 0.3) is 0 Å². The molecule has 2 N–H and O–H groups in total. The SMILES string of the molecule is Cc1ccccc1C(C(=O)O)N(C)CCC(=O)O. The molecule has 1 aromatic carbocycles. The first-order valence-electron chi connectivity index (χ1n) is 5.64. The van der Waals surface area contributed by atoms with Crippen LogP contribution in [0.25, 0.3) is 0 Å². The summed E-state index contributed by atoms with van der Waals surface area (Å²) in [5.41, 5.74) is 1.57. The molecule has 0 aliphatic carbocycles. The number of aryl methyl sites for hydroxylation is 1. The normalized spacial score (nSPS) is 12.4. The van der Waals surface area contributed by atoms with E-state index < -0.39 is 18.0 Å². The van der Waals surface area contributed by atoms with Crippen LogP contribution in [0.5, 0.6) is 0 Å². The summed E-state index contributed by atoms with van der Waals surface area (Å²) in [6.45, 7) is 2.04. The molecule has 0 aliphatic heterocycles. The fourth-order valence-corrected chi connectivity index (χ4v) is 1.85. The highest BCUT2D eigenvalue weighted by molar-refractivity contribution is 5.76. The summed E-state index contributed by atoms with van der Waals surface area (Å²) < 4.78 is 0. The van der Waals surface area contributed by atoms with Crippen LogP contribution in [0.4, 0.5) is 0 Å². The lowest BCUT2D eigenvalue weighted by atomic mass is 10.0. The van der Waals surface area contributed by atoms with Crippen LogP contribution in [-0.4, -0.2) is 40.6 Å². The third-order valence-electron chi connectivity index (χ3n) is 2.84. The lowest BCUT2D eigenvalue weighted by Crippen LogP contribution is -2.33. The second kappa shape index (κ2) is 6.16. The Labute approximate surface area is 106 Å². The Morgan fingerprint density at radius 1 is 1.28 bits per heavy atom. The summed E-state index contributed by atoms with van der Waals surface area (Å²) in [4.78, 5) is 23.4. The first-order chi connectivity index (χ1) is 8.43. The Bertz CT molecular complexity index is 444. The summed E-state index contributed by atoms with van der Waals surface area (Å²) in [6.07, 6.45) is -0.0772. The monoisotopic (exact) mass is 251 g/mol. The third kappa shape index (κ3) is 3.56. The van der Waals surface area contributed by atoms with Crippen molar-refractivity contribution in [3.63, 3.8) is 0 Å². The van der Waals surface area contributed by atoms with Crippen molar-refractivity contribution in [2.24, 2.45) is 0 Å². The van der Waals surface area contributed by atoms with Crippen molar-refractivity contribution in [3.8, 4) is 0 Å². The number of carboxylic acid groups (broad SMARTS) is 2. The molecule has 1 aromatic rings. The summed E-state index contributed by atoms with van der Waals surface area (Å²) >= 11 is 0. The predicted octanol–water partition coefficient (Wildman–Crippen LogP) is 1.53. The minimum Gasteiger partial charge on any atom is -0.481 e. The number of rotatable bonds is 6. The molecule has 0 bridgehead atoms. The van der Waals surface area contributed by atoms with Gasteiger partial charge in [-0.2, -0.15) is 0 Å². The molecule has 1 rings (SSSR count). The molecular weight excluding hydrogens is 234 g/mol. The second-order valence-corrected chi connectivity index (χ2v) is 4.22. The quantitative estimate of drug-likeness (QED) is 0.801. The number of hydrogen-bond donors (Lipinski definition) is 2. The maximum Gasteiger partial charge on any atom is 0.325 e. The van der Waals surface area contributed by atoms with E-state index in [0.29, 0.717) is 5.56 Å². The topological polar surface area (TPSA) is 77.8 Å². The van der Waals surface area contributed by atoms with Crippen molar-refractivity contribution >= 4 is 11.9 Å². The molecule has 0 fully saturated rings. The van der Waals surface area contributed by atoms with E-state index in [1.165, 1.54) is 0 Å². The Hall–Kier alpha value is -1.88. The summed E-state index contributed by atoms with van der Waals surface area (Å²) in [6, 6.07) is 6.41. The van der Waals surface area contributed by atoms with Crippen molar-refractivity contribution < 1.29 is 19.8 Å². The summed E-state index contributed by atoms with van der Waals surface area (Å²) in [7, 11) is 1.62. The molecule has 98 valence electrons. The van der Waals surface area contributed by atoms with Crippen molar-refractivity contribution in [1.29, 1.82) is 0 Å². The molecule has 18 heavy (non-hydrogen) atoms. The van der Waals surface area contributed by atoms with Gasteiger partial charge in [0.2, 0.25) is 0 Å². The van der Waals surface area contributed by atoms with E-state index >= 15 is 0 Å². The lowest BCUT2D eigenvalue weighted by Gasteiger charge is -2.25. The first kappa shape index (κ1) is 14.2. The molecule has 0 spiro atoms. The van der Waals surface area contributed by atoms with Crippen LogP contribution >= 0.6 is 0 Å². The van der Waals surface area contributed by atoms with Gasteiger partial charge in [0.1, 0.15) is 6.04 Å². The molecule has 1 unspecified atom stereocenters. The van der Waals surface area contributed by atoms with Crippen LogP contribution in [0.15, 0.2) is 24.3 Å². The molecular formula is C13H17NO4. The molecule has 0 radical (unpaired) electrons. The van der Waals surface area contributed by atoms with Crippen LogP contribution in [0.3, 0.4) is 0 Å². The zero-order valence-corrected chi connectivity index (χ0v) is 10.5. The molecule has 0 aromatic heterocycles. The number of nitrogens with zero attached hydrogens (tertiary/aromatic N) is 1. The average molecular weight is 251 g/mol. The van der Waals surface area contributed by atoms with E-state index in [1.54, 1.807) is 24.1 Å². The van der Waals surface area contributed by atoms with Crippen LogP contribution in [0, 0.1) is 6.92 Å². The van der Waals surface area contributed by atoms with Gasteiger partial charge in [-0.3, -0.25) is 14.5 Å². The third-order valence-corrected chi connectivity index (χ3v) is 2.84. The van der Waals surface area contributed by atoms with Crippen molar-refractivity contribution in [3.05, 3.63) is 35.4 Å².